The third-order valence-corrected chi connectivity index (χ3v) is 4.62. The number of aliphatic carboxylic acids is 1. The summed E-state index contributed by atoms with van der Waals surface area (Å²) >= 11 is 0. The SMILES string of the molecule is CC[C@]1(CC(=O)O)OCCc2c1[nH]c1c([C@H](C)O)cccc21. The fourth-order valence-corrected chi connectivity index (χ4v) is 3.50. The minimum Gasteiger partial charge on any atom is -0.481 e. The highest BCUT2D eigenvalue weighted by Crippen LogP contribution is 2.42. The molecule has 0 fully saturated rings. The van der Waals surface area contributed by atoms with Gasteiger partial charge in [-0.15, -0.1) is 0 Å². The van der Waals surface area contributed by atoms with Gasteiger partial charge in [-0.05, 0) is 25.3 Å². The van der Waals surface area contributed by atoms with Gasteiger partial charge in [0, 0.05) is 10.9 Å². The van der Waals surface area contributed by atoms with Crippen LogP contribution in [0.1, 0.15) is 49.6 Å². The van der Waals surface area contributed by atoms with Gasteiger partial charge in [-0.3, -0.25) is 4.79 Å². The van der Waals surface area contributed by atoms with E-state index in [2.05, 4.69) is 4.98 Å². The van der Waals surface area contributed by atoms with Crippen LogP contribution in [-0.4, -0.2) is 27.8 Å². The second-order valence-corrected chi connectivity index (χ2v) is 5.94. The van der Waals surface area contributed by atoms with Crippen LogP contribution in [0.15, 0.2) is 18.2 Å². The van der Waals surface area contributed by atoms with Gasteiger partial charge in [0.25, 0.3) is 0 Å². The molecule has 0 unspecified atom stereocenters. The molecule has 2 atom stereocenters. The molecule has 1 aromatic heterocycles. The fourth-order valence-electron chi connectivity index (χ4n) is 3.50. The molecule has 5 heteroatoms. The number of rotatable bonds is 4. The molecule has 2 aromatic rings. The number of fused-ring (bicyclic) bond motifs is 3. The van der Waals surface area contributed by atoms with Crippen molar-refractivity contribution in [3.63, 3.8) is 0 Å². The molecule has 0 amide bonds. The number of hydrogen-bond acceptors (Lipinski definition) is 3. The van der Waals surface area contributed by atoms with E-state index in [-0.39, 0.29) is 6.42 Å². The van der Waals surface area contributed by atoms with Gasteiger partial charge in [0.05, 0.1) is 30.3 Å². The summed E-state index contributed by atoms with van der Waals surface area (Å²) in [4.78, 5) is 14.7. The van der Waals surface area contributed by atoms with E-state index in [4.69, 9.17) is 4.74 Å². The van der Waals surface area contributed by atoms with Crippen LogP contribution in [0, 0.1) is 0 Å². The summed E-state index contributed by atoms with van der Waals surface area (Å²) in [6, 6.07) is 5.84. The molecule has 1 aliphatic heterocycles. The second kappa shape index (κ2) is 5.41. The summed E-state index contributed by atoms with van der Waals surface area (Å²) in [7, 11) is 0. The number of aromatic nitrogens is 1. The van der Waals surface area contributed by atoms with Gasteiger partial charge in [0.15, 0.2) is 0 Å². The Morgan fingerprint density at radius 3 is 2.91 bits per heavy atom. The number of hydrogen-bond donors (Lipinski definition) is 3. The minimum absolute atomic E-state index is 0.0622. The predicted octanol–water partition coefficient (Wildman–Crippen LogP) is 2.87. The summed E-state index contributed by atoms with van der Waals surface area (Å²) in [6.07, 6.45) is 0.691. The number of aromatic amines is 1. The number of carboxylic acid groups (broad SMARTS) is 1. The zero-order valence-electron chi connectivity index (χ0n) is 12.8. The summed E-state index contributed by atoms with van der Waals surface area (Å²) in [6.45, 7) is 4.19. The first-order valence-electron chi connectivity index (χ1n) is 7.66. The Morgan fingerprint density at radius 1 is 1.50 bits per heavy atom. The smallest absolute Gasteiger partial charge is 0.306 e. The van der Waals surface area contributed by atoms with Crippen LogP contribution in [0.25, 0.3) is 10.9 Å². The topological polar surface area (TPSA) is 82.5 Å². The van der Waals surface area contributed by atoms with E-state index < -0.39 is 17.7 Å². The van der Waals surface area contributed by atoms with Gasteiger partial charge in [0.2, 0.25) is 0 Å². The van der Waals surface area contributed by atoms with Gasteiger partial charge in [-0.1, -0.05) is 25.1 Å². The first-order valence-corrected chi connectivity index (χ1v) is 7.66. The number of ether oxygens (including phenoxy) is 1. The first kappa shape index (κ1) is 15.1. The van der Waals surface area contributed by atoms with E-state index in [0.29, 0.717) is 13.0 Å². The zero-order valence-corrected chi connectivity index (χ0v) is 12.8. The molecule has 3 rings (SSSR count). The quantitative estimate of drug-likeness (QED) is 0.811. The molecule has 0 radical (unpaired) electrons. The number of carbonyl (C=O) groups is 1. The van der Waals surface area contributed by atoms with Crippen molar-refractivity contribution in [2.45, 2.75) is 44.8 Å². The highest BCUT2D eigenvalue weighted by atomic mass is 16.5. The Kier molecular flexibility index (Phi) is 3.70. The molecular formula is C17H21NO4. The Morgan fingerprint density at radius 2 is 2.27 bits per heavy atom. The van der Waals surface area contributed by atoms with Crippen molar-refractivity contribution in [1.82, 2.24) is 4.98 Å². The van der Waals surface area contributed by atoms with Crippen LogP contribution in [0.4, 0.5) is 0 Å². The predicted molar refractivity (Wildman–Crippen MR) is 82.8 cm³/mol. The lowest BCUT2D eigenvalue weighted by Gasteiger charge is -2.35. The maximum Gasteiger partial charge on any atom is 0.306 e. The van der Waals surface area contributed by atoms with E-state index in [1.807, 2.05) is 25.1 Å². The molecule has 1 aromatic carbocycles. The van der Waals surface area contributed by atoms with E-state index in [1.165, 1.54) is 0 Å². The van der Waals surface area contributed by atoms with Crippen LogP contribution >= 0.6 is 0 Å². The van der Waals surface area contributed by atoms with Crippen LogP contribution in [0.3, 0.4) is 0 Å². The van der Waals surface area contributed by atoms with Crippen molar-refractivity contribution in [2.75, 3.05) is 6.61 Å². The Labute approximate surface area is 128 Å². The third-order valence-electron chi connectivity index (χ3n) is 4.62. The van der Waals surface area contributed by atoms with Crippen molar-refractivity contribution in [3.8, 4) is 0 Å². The molecule has 0 saturated heterocycles. The van der Waals surface area contributed by atoms with E-state index in [9.17, 15) is 15.0 Å². The number of nitrogens with one attached hydrogen (secondary N) is 1. The largest absolute Gasteiger partial charge is 0.481 e. The summed E-state index contributed by atoms with van der Waals surface area (Å²) < 4.78 is 5.91. The highest BCUT2D eigenvalue weighted by molar-refractivity contribution is 5.88. The van der Waals surface area contributed by atoms with Gasteiger partial charge in [-0.2, -0.15) is 0 Å². The molecule has 118 valence electrons. The lowest BCUT2D eigenvalue weighted by molar-refractivity contribution is -0.148. The van der Waals surface area contributed by atoms with Crippen molar-refractivity contribution >= 4 is 16.9 Å². The summed E-state index contributed by atoms with van der Waals surface area (Å²) in [5.74, 6) is -0.871. The van der Waals surface area contributed by atoms with E-state index in [0.717, 1.165) is 34.1 Å². The highest BCUT2D eigenvalue weighted by Gasteiger charge is 2.41. The average molecular weight is 303 g/mol. The maximum absolute atomic E-state index is 11.3. The van der Waals surface area contributed by atoms with E-state index in [1.54, 1.807) is 6.92 Å². The number of H-pyrrole nitrogens is 1. The molecule has 2 heterocycles. The number of carboxylic acids is 1. The van der Waals surface area contributed by atoms with Gasteiger partial charge >= 0.3 is 5.97 Å². The summed E-state index contributed by atoms with van der Waals surface area (Å²) in [5.41, 5.74) is 2.87. The molecule has 0 bridgehead atoms. The van der Waals surface area contributed by atoms with Crippen molar-refractivity contribution < 1.29 is 19.7 Å². The molecule has 0 aliphatic carbocycles. The molecule has 1 aliphatic rings. The standard InChI is InChI=1S/C17H21NO4/c1-3-17(9-14(20)21)16-13(7-8-22-17)12-6-4-5-11(10(2)19)15(12)18-16/h4-6,10,18-19H,3,7-9H2,1-2H3,(H,20,21)/t10-,17+/m0/s1. The molecule has 3 N–H and O–H groups in total. The Hall–Kier alpha value is -1.85. The monoisotopic (exact) mass is 303 g/mol. The normalized spacial score (nSPS) is 22.5. The number of para-hydroxylation sites is 1. The Balaban J connectivity index is 2.25. The Bertz CT molecular complexity index is 719. The summed E-state index contributed by atoms with van der Waals surface area (Å²) in [5, 5.41) is 20.3. The zero-order chi connectivity index (χ0) is 15.9. The third kappa shape index (κ3) is 2.21. The van der Waals surface area contributed by atoms with Crippen LogP contribution in [0.5, 0.6) is 0 Å². The van der Waals surface area contributed by atoms with Crippen molar-refractivity contribution in [2.24, 2.45) is 0 Å². The maximum atomic E-state index is 11.3. The molecule has 0 saturated carbocycles. The van der Waals surface area contributed by atoms with Crippen LogP contribution in [0.2, 0.25) is 0 Å². The van der Waals surface area contributed by atoms with Gasteiger partial charge in [-0.25, -0.2) is 0 Å². The fraction of sp³-hybridized carbons (Fsp3) is 0.471. The second-order valence-electron chi connectivity index (χ2n) is 5.94. The molecule has 5 nitrogen and oxygen atoms in total. The lowest BCUT2D eigenvalue weighted by Crippen LogP contribution is -2.37. The average Bonchev–Trinajstić information content (AvgIpc) is 2.86. The van der Waals surface area contributed by atoms with E-state index >= 15 is 0 Å². The van der Waals surface area contributed by atoms with Crippen molar-refractivity contribution in [3.05, 3.63) is 35.0 Å². The number of aliphatic hydroxyl groups is 1. The number of aliphatic hydroxyl groups excluding tert-OH is 1. The first-order chi connectivity index (χ1) is 10.5. The molecule has 0 spiro atoms. The van der Waals surface area contributed by atoms with Gasteiger partial charge in [0.1, 0.15) is 5.60 Å². The van der Waals surface area contributed by atoms with Crippen molar-refractivity contribution in [1.29, 1.82) is 0 Å². The van der Waals surface area contributed by atoms with Crippen LogP contribution in [-0.2, 0) is 21.6 Å². The van der Waals surface area contributed by atoms with Crippen LogP contribution < -0.4 is 0 Å². The molecule has 22 heavy (non-hydrogen) atoms. The lowest BCUT2D eigenvalue weighted by atomic mass is 9.86. The van der Waals surface area contributed by atoms with Gasteiger partial charge < -0.3 is 19.9 Å². The molecular weight excluding hydrogens is 282 g/mol. The number of benzene rings is 1. The minimum atomic E-state index is -0.871.